The smallest absolute Gasteiger partial charge is 0.251 e. The van der Waals surface area contributed by atoms with E-state index in [1.165, 1.54) is 0 Å². The van der Waals surface area contributed by atoms with Crippen molar-refractivity contribution in [1.82, 2.24) is 10.6 Å². The Kier molecular flexibility index (Phi) is 3.50. The highest BCUT2D eigenvalue weighted by Gasteiger charge is 2.20. The second kappa shape index (κ2) is 5.08. The Labute approximate surface area is 106 Å². The molecule has 1 aromatic rings. The summed E-state index contributed by atoms with van der Waals surface area (Å²) in [6.45, 7) is 2.39. The van der Waals surface area contributed by atoms with Gasteiger partial charge in [-0.3, -0.25) is 9.59 Å². The van der Waals surface area contributed by atoms with Crippen LogP contribution in [0.5, 0.6) is 0 Å². The third kappa shape index (κ3) is 3.00. The number of benzene rings is 1. The molecule has 2 rings (SSSR count). The molecule has 2 amide bonds. The van der Waals surface area contributed by atoms with E-state index in [4.69, 9.17) is 5.73 Å². The Balaban J connectivity index is 2.01. The summed E-state index contributed by atoms with van der Waals surface area (Å²) in [6.07, 6.45) is 1.14. The molecule has 1 saturated heterocycles. The van der Waals surface area contributed by atoms with Crippen LogP contribution in [0.4, 0.5) is 5.69 Å². The van der Waals surface area contributed by atoms with Gasteiger partial charge in [-0.1, -0.05) is 0 Å². The number of carbonyl (C=O) groups is 2. The van der Waals surface area contributed by atoms with E-state index in [9.17, 15) is 9.59 Å². The fourth-order valence-corrected chi connectivity index (χ4v) is 2.07. The van der Waals surface area contributed by atoms with Crippen molar-refractivity contribution < 1.29 is 9.59 Å². The fraction of sp³-hybridized carbons (Fsp3) is 0.385. The maximum absolute atomic E-state index is 12.0. The molecule has 18 heavy (non-hydrogen) atoms. The van der Waals surface area contributed by atoms with E-state index in [0.29, 0.717) is 30.6 Å². The van der Waals surface area contributed by atoms with Crippen LogP contribution < -0.4 is 16.4 Å². The van der Waals surface area contributed by atoms with E-state index in [1.807, 2.05) is 13.0 Å². The average Bonchev–Trinajstić information content (AvgIpc) is 2.31. The SMILES string of the molecule is Cc1cc(N)cc(C(=O)NC2CCC(=O)NC2)c1. The first-order valence-electron chi connectivity index (χ1n) is 5.99. The predicted octanol–water partition coefficient (Wildman–Crippen LogP) is 0.586. The van der Waals surface area contributed by atoms with Gasteiger partial charge in [0.25, 0.3) is 5.91 Å². The number of nitrogens with two attached hydrogens (primary N) is 1. The van der Waals surface area contributed by atoms with Crippen LogP contribution in [0.2, 0.25) is 0 Å². The van der Waals surface area contributed by atoms with Crippen LogP contribution in [-0.2, 0) is 4.79 Å². The Morgan fingerprint density at radius 2 is 2.22 bits per heavy atom. The molecule has 4 N–H and O–H groups in total. The summed E-state index contributed by atoms with van der Waals surface area (Å²) in [4.78, 5) is 23.0. The zero-order chi connectivity index (χ0) is 13.1. The van der Waals surface area contributed by atoms with E-state index >= 15 is 0 Å². The third-order valence-corrected chi connectivity index (χ3v) is 2.96. The number of nitrogen functional groups attached to an aromatic ring is 1. The first kappa shape index (κ1) is 12.4. The Bertz CT molecular complexity index is 455. The Morgan fingerprint density at radius 1 is 1.44 bits per heavy atom. The van der Waals surface area contributed by atoms with Gasteiger partial charge in [-0.2, -0.15) is 0 Å². The molecule has 1 atom stereocenters. The minimum atomic E-state index is -0.147. The number of nitrogens with one attached hydrogen (secondary N) is 2. The van der Waals surface area contributed by atoms with Crippen LogP contribution in [0.15, 0.2) is 18.2 Å². The van der Waals surface area contributed by atoms with E-state index in [0.717, 1.165) is 5.56 Å². The lowest BCUT2D eigenvalue weighted by Crippen LogP contribution is -2.47. The number of piperidine rings is 1. The lowest BCUT2D eigenvalue weighted by atomic mass is 10.1. The van der Waals surface area contributed by atoms with Gasteiger partial charge in [0.2, 0.25) is 5.91 Å². The molecule has 1 aromatic carbocycles. The van der Waals surface area contributed by atoms with Crippen molar-refractivity contribution in [2.45, 2.75) is 25.8 Å². The van der Waals surface area contributed by atoms with Gasteiger partial charge in [0, 0.05) is 30.3 Å². The number of aryl methyl sites for hydroxylation is 1. The van der Waals surface area contributed by atoms with Crippen molar-refractivity contribution in [2.24, 2.45) is 0 Å². The molecular weight excluding hydrogens is 230 g/mol. The molecule has 1 fully saturated rings. The summed E-state index contributed by atoms with van der Waals surface area (Å²) in [5.41, 5.74) is 7.81. The zero-order valence-corrected chi connectivity index (χ0v) is 10.3. The van der Waals surface area contributed by atoms with E-state index in [-0.39, 0.29) is 17.9 Å². The molecule has 0 aromatic heterocycles. The Hall–Kier alpha value is -2.04. The van der Waals surface area contributed by atoms with Gasteiger partial charge in [0.15, 0.2) is 0 Å². The van der Waals surface area contributed by atoms with Crippen LogP contribution in [0.1, 0.15) is 28.8 Å². The van der Waals surface area contributed by atoms with Crippen LogP contribution in [0.25, 0.3) is 0 Å². The molecule has 1 aliphatic heterocycles. The number of amides is 2. The summed E-state index contributed by atoms with van der Waals surface area (Å²) in [6, 6.07) is 5.27. The molecule has 1 unspecified atom stereocenters. The molecule has 1 aliphatic rings. The number of hydrogen-bond acceptors (Lipinski definition) is 3. The fourth-order valence-electron chi connectivity index (χ4n) is 2.07. The molecule has 0 radical (unpaired) electrons. The molecular formula is C13H17N3O2. The molecule has 5 heteroatoms. The van der Waals surface area contributed by atoms with Crippen LogP contribution in [-0.4, -0.2) is 24.4 Å². The van der Waals surface area contributed by atoms with Gasteiger partial charge < -0.3 is 16.4 Å². The molecule has 0 saturated carbocycles. The molecule has 0 spiro atoms. The molecule has 5 nitrogen and oxygen atoms in total. The average molecular weight is 247 g/mol. The first-order valence-corrected chi connectivity index (χ1v) is 5.99. The summed E-state index contributed by atoms with van der Waals surface area (Å²) < 4.78 is 0. The first-order chi connectivity index (χ1) is 8.54. The largest absolute Gasteiger partial charge is 0.399 e. The van der Waals surface area contributed by atoms with Gasteiger partial charge in [-0.05, 0) is 37.1 Å². The minimum Gasteiger partial charge on any atom is -0.399 e. The lowest BCUT2D eigenvalue weighted by molar-refractivity contribution is -0.122. The standard InChI is InChI=1S/C13H17N3O2/c1-8-4-9(6-10(14)5-8)13(18)16-11-2-3-12(17)15-7-11/h4-6,11H,2-3,7,14H2,1H3,(H,15,17)(H,16,18). The van der Waals surface area contributed by atoms with Gasteiger partial charge in [-0.15, -0.1) is 0 Å². The molecule has 0 aliphatic carbocycles. The van der Waals surface area contributed by atoms with Gasteiger partial charge in [-0.25, -0.2) is 0 Å². The summed E-state index contributed by atoms with van der Waals surface area (Å²) in [7, 11) is 0. The van der Waals surface area contributed by atoms with Crippen LogP contribution >= 0.6 is 0 Å². The molecule has 1 heterocycles. The van der Waals surface area contributed by atoms with Crippen LogP contribution in [0.3, 0.4) is 0 Å². The topological polar surface area (TPSA) is 84.2 Å². The van der Waals surface area contributed by atoms with E-state index in [2.05, 4.69) is 10.6 Å². The minimum absolute atomic E-state index is 0.00284. The third-order valence-electron chi connectivity index (χ3n) is 2.96. The lowest BCUT2D eigenvalue weighted by Gasteiger charge is -2.23. The van der Waals surface area contributed by atoms with Crippen molar-refractivity contribution in [1.29, 1.82) is 0 Å². The highest BCUT2D eigenvalue weighted by Crippen LogP contribution is 2.12. The van der Waals surface area contributed by atoms with E-state index < -0.39 is 0 Å². The highest BCUT2D eigenvalue weighted by molar-refractivity contribution is 5.95. The summed E-state index contributed by atoms with van der Waals surface area (Å²) in [5, 5.41) is 5.63. The molecule has 0 bridgehead atoms. The van der Waals surface area contributed by atoms with Crippen molar-refractivity contribution in [3.63, 3.8) is 0 Å². The number of carbonyl (C=O) groups excluding carboxylic acids is 2. The number of anilines is 1. The number of rotatable bonds is 2. The Morgan fingerprint density at radius 3 is 2.83 bits per heavy atom. The normalized spacial score (nSPS) is 19.2. The quantitative estimate of drug-likeness (QED) is 0.669. The predicted molar refractivity (Wildman–Crippen MR) is 69.1 cm³/mol. The summed E-state index contributed by atoms with van der Waals surface area (Å²) >= 11 is 0. The second-order valence-electron chi connectivity index (χ2n) is 4.65. The van der Waals surface area contributed by atoms with Gasteiger partial charge in [0.1, 0.15) is 0 Å². The van der Waals surface area contributed by atoms with Crippen molar-refractivity contribution in [3.05, 3.63) is 29.3 Å². The highest BCUT2D eigenvalue weighted by atomic mass is 16.2. The summed E-state index contributed by atoms with van der Waals surface area (Å²) in [5.74, 6) is -0.105. The zero-order valence-electron chi connectivity index (χ0n) is 10.3. The van der Waals surface area contributed by atoms with E-state index in [1.54, 1.807) is 12.1 Å². The van der Waals surface area contributed by atoms with Crippen molar-refractivity contribution >= 4 is 17.5 Å². The van der Waals surface area contributed by atoms with Crippen molar-refractivity contribution in [2.75, 3.05) is 12.3 Å². The maximum Gasteiger partial charge on any atom is 0.251 e. The van der Waals surface area contributed by atoms with Crippen molar-refractivity contribution in [3.8, 4) is 0 Å². The number of hydrogen-bond donors (Lipinski definition) is 3. The second-order valence-corrected chi connectivity index (χ2v) is 4.65. The van der Waals surface area contributed by atoms with Gasteiger partial charge >= 0.3 is 0 Å². The molecule has 96 valence electrons. The maximum atomic E-state index is 12.0. The monoisotopic (exact) mass is 247 g/mol. The van der Waals surface area contributed by atoms with Crippen LogP contribution in [0, 0.1) is 6.92 Å². The van der Waals surface area contributed by atoms with Gasteiger partial charge in [0.05, 0.1) is 0 Å².